The van der Waals surface area contributed by atoms with Crippen molar-refractivity contribution in [1.82, 2.24) is 9.88 Å². The Hall–Kier alpha value is -1.96. The number of carbonyl (C=O) groups is 1. The molecule has 8 heteroatoms. The number of alkyl halides is 2. The Morgan fingerprint density at radius 2 is 2.08 bits per heavy atom. The van der Waals surface area contributed by atoms with Gasteiger partial charge in [0.1, 0.15) is 11.4 Å². The van der Waals surface area contributed by atoms with Crippen molar-refractivity contribution in [1.29, 1.82) is 0 Å². The van der Waals surface area contributed by atoms with Crippen molar-refractivity contribution in [3.05, 3.63) is 17.8 Å². The van der Waals surface area contributed by atoms with Crippen molar-refractivity contribution in [2.45, 2.75) is 44.3 Å². The minimum atomic E-state index is -2.69. The highest BCUT2D eigenvalue weighted by molar-refractivity contribution is 5.93. The number of anilines is 1. The maximum atomic E-state index is 13.2. The second kappa shape index (κ2) is 6.33. The molecule has 3 fully saturated rings. The lowest BCUT2D eigenvalue weighted by atomic mass is 10.1. The van der Waals surface area contributed by atoms with Gasteiger partial charge >= 0.3 is 0 Å². The van der Waals surface area contributed by atoms with Gasteiger partial charge in [-0.3, -0.25) is 4.79 Å². The van der Waals surface area contributed by atoms with Crippen LogP contribution in [-0.2, 0) is 0 Å². The van der Waals surface area contributed by atoms with Gasteiger partial charge in [-0.15, -0.1) is 0 Å². The lowest BCUT2D eigenvalue weighted by Gasteiger charge is -2.40. The van der Waals surface area contributed by atoms with Gasteiger partial charge in [-0.05, 0) is 44.2 Å². The Morgan fingerprint density at radius 3 is 2.65 bits per heavy atom. The maximum Gasteiger partial charge on any atom is 0.282 e. The number of ether oxygens (including phenoxy) is 1. The summed E-state index contributed by atoms with van der Waals surface area (Å²) in [6.07, 6.45) is 2.20. The van der Waals surface area contributed by atoms with E-state index in [1.54, 1.807) is 24.0 Å². The summed E-state index contributed by atoms with van der Waals surface area (Å²) in [5.41, 5.74) is 0.718. The van der Waals surface area contributed by atoms with E-state index >= 15 is 0 Å². The van der Waals surface area contributed by atoms with E-state index in [0.717, 1.165) is 12.8 Å². The van der Waals surface area contributed by atoms with Crippen molar-refractivity contribution >= 4 is 11.6 Å². The van der Waals surface area contributed by atoms with E-state index in [-0.39, 0.29) is 36.6 Å². The molecule has 2 saturated heterocycles. The third kappa shape index (κ3) is 3.34. The van der Waals surface area contributed by atoms with Crippen LogP contribution in [0.1, 0.15) is 36.7 Å². The molecule has 26 heavy (non-hydrogen) atoms. The molecule has 1 aliphatic carbocycles. The van der Waals surface area contributed by atoms with Crippen LogP contribution in [-0.4, -0.2) is 65.2 Å². The molecule has 2 aliphatic heterocycles. The summed E-state index contributed by atoms with van der Waals surface area (Å²) in [4.78, 5) is 20.2. The van der Waals surface area contributed by atoms with E-state index < -0.39 is 12.0 Å². The molecule has 3 heterocycles. The van der Waals surface area contributed by atoms with Crippen molar-refractivity contribution in [3.63, 3.8) is 0 Å². The second-order valence-electron chi connectivity index (χ2n) is 7.58. The zero-order valence-corrected chi connectivity index (χ0v) is 14.7. The lowest BCUT2D eigenvalue weighted by Crippen LogP contribution is -2.56. The molecule has 2 atom stereocenters. The Kier molecular flexibility index (Phi) is 4.25. The van der Waals surface area contributed by atoms with Crippen LogP contribution in [0.25, 0.3) is 0 Å². The number of halogens is 2. The van der Waals surface area contributed by atoms with Crippen molar-refractivity contribution in [2.75, 3.05) is 31.1 Å². The summed E-state index contributed by atoms with van der Waals surface area (Å²) >= 11 is 0. The molecule has 1 amide bonds. The monoisotopic (exact) mass is 367 g/mol. The van der Waals surface area contributed by atoms with Crippen LogP contribution < -0.4 is 9.64 Å². The molecule has 2 unspecified atom stereocenters. The Morgan fingerprint density at radius 1 is 1.35 bits per heavy atom. The predicted octanol–water partition coefficient (Wildman–Crippen LogP) is 1.92. The van der Waals surface area contributed by atoms with Crippen LogP contribution in [0, 0.1) is 5.92 Å². The number of carbonyl (C=O) groups excluding carboxylic acids is 1. The van der Waals surface area contributed by atoms with E-state index in [4.69, 9.17) is 4.74 Å². The third-order valence-electron chi connectivity index (χ3n) is 5.37. The molecule has 1 aromatic heterocycles. The van der Waals surface area contributed by atoms with Gasteiger partial charge in [0.2, 0.25) is 5.88 Å². The normalized spacial score (nSPS) is 27.4. The number of hydrogen-bond donors (Lipinski definition) is 1. The van der Waals surface area contributed by atoms with Crippen molar-refractivity contribution in [2.24, 2.45) is 5.92 Å². The number of hydrogen-bond acceptors (Lipinski definition) is 5. The Balaban J connectivity index is 1.55. The van der Waals surface area contributed by atoms with Crippen LogP contribution in [0.2, 0.25) is 0 Å². The summed E-state index contributed by atoms with van der Waals surface area (Å²) < 4.78 is 32.2. The van der Waals surface area contributed by atoms with Crippen LogP contribution >= 0.6 is 0 Å². The predicted molar refractivity (Wildman–Crippen MR) is 90.7 cm³/mol. The second-order valence-corrected chi connectivity index (χ2v) is 7.58. The molecule has 1 saturated carbocycles. The summed E-state index contributed by atoms with van der Waals surface area (Å²) in [7, 11) is 0. The quantitative estimate of drug-likeness (QED) is 0.861. The van der Waals surface area contributed by atoms with Crippen molar-refractivity contribution in [3.8, 4) is 5.88 Å². The van der Waals surface area contributed by atoms with E-state index in [1.807, 2.05) is 0 Å². The lowest BCUT2D eigenvalue weighted by molar-refractivity contribution is -0.0265. The number of aromatic nitrogens is 1. The zero-order valence-electron chi connectivity index (χ0n) is 14.7. The Labute approximate surface area is 150 Å². The van der Waals surface area contributed by atoms with Gasteiger partial charge in [0.25, 0.3) is 11.8 Å². The van der Waals surface area contributed by atoms with E-state index in [1.165, 1.54) is 4.90 Å². The molecule has 3 aliphatic rings. The molecule has 1 aromatic rings. The summed E-state index contributed by atoms with van der Waals surface area (Å²) in [6, 6.07) is 2.92. The minimum Gasteiger partial charge on any atom is -0.476 e. The number of aliphatic hydroxyl groups is 1. The highest BCUT2D eigenvalue weighted by Gasteiger charge is 2.45. The molecule has 142 valence electrons. The number of likely N-dealkylation sites (tertiary alicyclic amines) is 1. The van der Waals surface area contributed by atoms with Crippen LogP contribution in [0.15, 0.2) is 12.1 Å². The highest BCUT2D eigenvalue weighted by Crippen LogP contribution is 2.38. The first-order valence-electron chi connectivity index (χ1n) is 9.10. The number of pyridine rings is 1. The van der Waals surface area contributed by atoms with Gasteiger partial charge in [0.05, 0.1) is 31.8 Å². The van der Waals surface area contributed by atoms with Gasteiger partial charge in [0.15, 0.2) is 0 Å². The first-order chi connectivity index (χ1) is 12.3. The maximum absolute atomic E-state index is 13.2. The first-order valence-corrected chi connectivity index (χ1v) is 9.10. The standard InChI is InChI=1S/C18H23F2N3O3/c1-11-15(24)6-7-23(11)17(25)13-4-5-14(22-9-18(19,20)10-22)16(21-13)26-8-12-2-3-12/h4-5,11-12,15,24H,2-3,6-10H2,1H3. The largest absolute Gasteiger partial charge is 0.476 e. The van der Waals surface area contributed by atoms with E-state index in [0.29, 0.717) is 31.2 Å². The van der Waals surface area contributed by atoms with Gasteiger partial charge in [0, 0.05) is 6.54 Å². The van der Waals surface area contributed by atoms with Crippen LogP contribution in [0.4, 0.5) is 14.5 Å². The number of rotatable bonds is 5. The average molecular weight is 367 g/mol. The molecular weight excluding hydrogens is 344 g/mol. The Bertz CT molecular complexity index is 703. The van der Waals surface area contributed by atoms with Gasteiger partial charge < -0.3 is 19.6 Å². The molecule has 4 rings (SSSR count). The number of nitrogens with zero attached hydrogens (tertiary/aromatic N) is 3. The van der Waals surface area contributed by atoms with Crippen LogP contribution in [0.3, 0.4) is 0 Å². The van der Waals surface area contributed by atoms with E-state index in [9.17, 15) is 18.7 Å². The topological polar surface area (TPSA) is 65.9 Å². The van der Waals surface area contributed by atoms with E-state index in [2.05, 4.69) is 4.98 Å². The van der Waals surface area contributed by atoms with Gasteiger partial charge in [-0.1, -0.05) is 0 Å². The molecule has 0 bridgehead atoms. The third-order valence-corrected chi connectivity index (χ3v) is 5.37. The highest BCUT2D eigenvalue weighted by atomic mass is 19.3. The molecule has 0 spiro atoms. The number of aliphatic hydroxyl groups excluding tert-OH is 1. The van der Waals surface area contributed by atoms with Gasteiger partial charge in [-0.25, -0.2) is 13.8 Å². The van der Waals surface area contributed by atoms with Crippen LogP contribution in [0.5, 0.6) is 5.88 Å². The average Bonchev–Trinajstić information content (AvgIpc) is 3.35. The molecule has 0 radical (unpaired) electrons. The fourth-order valence-corrected chi connectivity index (χ4v) is 3.42. The summed E-state index contributed by atoms with van der Waals surface area (Å²) in [5.74, 6) is -2.24. The minimum absolute atomic E-state index is 0.216. The van der Waals surface area contributed by atoms with Gasteiger partial charge in [-0.2, -0.15) is 0 Å². The number of amides is 1. The molecule has 0 aromatic carbocycles. The SMILES string of the molecule is CC1C(O)CCN1C(=O)c1ccc(N2CC(F)(F)C2)c(OCC2CC2)n1. The first kappa shape index (κ1) is 17.5. The zero-order chi connectivity index (χ0) is 18.5. The molecule has 1 N–H and O–H groups in total. The smallest absolute Gasteiger partial charge is 0.282 e. The fourth-order valence-electron chi connectivity index (χ4n) is 3.42. The fraction of sp³-hybridized carbons (Fsp3) is 0.667. The molecule has 6 nitrogen and oxygen atoms in total. The summed E-state index contributed by atoms with van der Waals surface area (Å²) in [5, 5.41) is 9.86. The van der Waals surface area contributed by atoms with Crippen molar-refractivity contribution < 1.29 is 23.4 Å². The summed E-state index contributed by atoms with van der Waals surface area (Å²) in [6.45, 7) is 2.03. The molecular formula is C18H23F2N3O3.